The van der Waals surface area contributed by atoms with Crippen LogP contribution in [0.1, 0.15) is 28.8 Å². The van der Waals surface area contributed by atoms with Crippen LogP contribution in [0.5, 0.6) is 0 Å². The van der Waals surface area contributed by atoms with Crippen LogP contribution in [-0.2, 0) is 6.54 Å². The molecule has 5 heteroatoms. The quantitative estimate of drug-likeness (QED) is 0.758. The zero-order chi connectivity index (χ0) is 13.7. The maximum atomic E-state index is 13.6. The number of primary amides is 1. The van der Waals surface area contributed by atoms with Crippen LogP contribution >= 0.6 is 0 Å². The topological polar surface area (TPSA) is 58.4 Å². The van der Waals surface area contributed by atoms with E-state index in [1.54, 1.807) is 0 Å². The molecule has 1 fully saturated rings. The number of nitrogens with zero attached hydrogens (tertiary/aromatic N) is 1. The van der Waals surface area contributed by atoms with Gasteiger partial charge < -0.3 is 16.0 Å². The number of rotatable bonds is 6. The van der Waals surface area contributed by atoms with Gasteiger partial charge in [-0.3, -0.25) is 4.79 Å². The van der Waals surface area contributed by atoms with Crippen LogP contribution in [0, 0.1) is 5.82 Å². The first-order chi connectivity index (χ1) is 9.16. The number of halogens is 1. The molecule has 0 unspecified atom stereocenters. The van der Waals surface area contributed by atoms with Crippen molar-refractivity contribution in [2.45, 2.75) is 19.4 Å². The summed E-state index contributed by atoms with van der Waals surface area (Å²) in [7, 11) is 0. The molecule has 104 valence electrons. The zero-order valence-corrected chi connectivity index (χ0v) is 11.0. The highest BCUT2D eigenvalue weighted by atomic mass is 19.1. The third-order valence-electron chi connectivity index (χ3n) is 3.45. The highest BCUT2D eigenvalue weighted by Crippen LogP contribution is 2.10. The Morgan fingerprint density at radius 2 is 2.11 bits per heavy atom. The molecule has 0 aliphatic carbocycles. The number of hydrogen-bond acceptors (Lipinski definition) is 3. The van der Waals surface area contributed by atoms with E-state index in [1.165, 1.54) is 31.0 Å². The molecular weight excluding hydrogens is 245 g/mol. The van der Waals surface area contributed by atoms with Crippen LogP contribution in [0.3, 0.4) is 0 Å². The van der Waals surface area contributed by atoms with E-state index in [2.05, 4.69) is 10.2 Å². The van der Waals surface area contributed by atoms with E-state index in [9.17, 15) is 9.18 Å². The molecule has 0 aromatic heterocycles. The van der Waals surface area contributed by atoms with Crippen molar-refractivity contribution in [2.24, 2.45) is 5.73 Å². The van der Waals surface area contributed by atoms with Gasteiger partial charge in [0, 0.05) is 30.8 Å². The molecule has 3 N–H and O–H groups in total. The summed E-state index contributed by atoms with van der Waals surface area (Å²) in [4.78, 5) is 13.4. The summed E-state index contributed by atoms with van der Waals surface area (Å²) in [6, 6.07) is 4.21. The molecule has 1 aromatic carbocycles. The Balaban J connectivity index is 1.81. The Labute approximate surface area is 112 Å². The molecular formula is C14H20FN3O. The van der Waals surface area contributed by atoms with Crippen LogP contribution < -0.4 is 11.1 Å². The molecule has 0 spiro atoms. The Kier molecular flexibility index (Phi) is 4.87. The van der Waals surface area contributed by atoms with Crippen LogP contribution in [0.4, 0.5) is 4.39 Å². The fraction of sp³-hybridized carbons (Fsp3) is 0.500. The fourth-order valence-electron chi connectivity index (χ4n) is 2.33. The second-order valence-corrected chi connectivity index (χ2v) is 4.90. The van der Waals surface area contributed by atoms with Crippen molar-refractivity contribution in [3.05, 3.63) is 35.1 Å². The summed E-state index contributed by atoms with van der Waals surface area (Å²) < 4.78 is 13.6. The van der Waals surface area contributed by atoms with Gasteiger partial charge in [0.25, 0.3) is 0 Å². The summed E-state index contributed by atoms with van der Waals surface area (Å²) in [5.74, 6) is -0.836. The molecule has 19 heavy (non-hydrogen) atoms. The Morgan fingerprint density at radius 1 is 1.37 bits per heavy atom. The van der Waals surface area contributed by atoms with E-state index in [0.29, 0.717) is 17.7 Å². The number of benzene rings is 1. The lowest BCUT2D eigenvalue weighted by Crippen LogP contribution is -2.29. The van der Waals surface area contributed by atoms with E-state index in [0.717, 1.165) is 26.2 Å². The summed E-state index contributed by atoms with van der Waals surface area (Å²) in [5.41, 5.74) is 6.01. The predicted octanol–water partition coefficient (Wildman–Crippen LogP) is 1.11. The third kappa shape index (κ3) is 4.01. The van der Waals surface area contributed by atoms with Gasteiger partial charge in [-0.15, -0.1) is 0 Å². The second-order valence-electron chi connectivity index (χ2n) is 4.90. The van der Waals surface area contributed by atoms with Crippen LogP contribution in [-0.4, -0.2) is 37.0 Å². The lowest BCUT2D eigenvalue weighted by molar-refractivity contribution is 0.1000. The molecule has 0 radical (unpaired) electrons. The van der Waals surface area contributed by atoms with Crippen molar-refractivity contribution in [3.8, 4) is 0 Å². The largest absolute Gasteiger partial charge is 0.366 e. The summed E-state index contributed by atoms with van der Waals surface area (Å²) in [6.45, 7) is 4.54. The van der Waals surface area contributed by atoms with Gasteiger partial charge in [-0.25, -0.2) is 4.39 Å². The first kappa shape index (κ1) is 14.0. The average molecular weight is 265 g/mol. The standard InChI is InChI=1S/C14H20FN3O/c15-13-4-3-11(14(16)19)9-12(13)10-17-5-8-18-6-1-2-7-18/h3-4,9,17H,1-2,5-8,10H2,(H2,16,19). The Morgan fingerprint density at radius 3 is 2.79 bits per heavy atom. The van der Waals surface area contributed by atoms with E-state index in [-0.39, 0.29) is 5.82 Å². The van der Waals surface area contributed by atoms with E-state index >= 15 is 0 Å². The van der Waals surface area contributed by atoms with Crippen molar-refractivity contribution >= 4 is 5.91 Å². The van der Waals surface area contributed by atoms with Crippen LogP contribution in [0.25, 0.3) is 0 Å². The summed E-state index contributed by atoms with van der Waals surface area (Å²) >= 11 is 0. The number of nitrogens with two attached hydrogens (primary N) is 1. The van der Waals surface area contributed by atoms with E-state index in [4.69, 9.17) is 5.73 Å². The molecule has 0 atom stereocenters. The van der Waals surface area contributed by atoms with Crippen molar-refractivity contribution in [2.75, 3.05) is 26.2 Å². The third-order valence-corrected chi connectivity index (χ3v) is 3.45. The lowest BCUT2D eigenvalue weighted by Gasteiger charge is -2.15. The van der Waals surface area contributed by atoms with Crippen molar-refractivity contribution in [1.82, 2.24) is 10.2 Å². The van der Waals surface area contributed by atoms with E-state index in [1.807, 2.05) is 0 Å². The lowest BCUT2D eigenvalue weighted by atomic mass is 10.1. The number of amides is 1. The fourth-order valence-corrected chi connectivity index (χ4v) is 2.33. The maximum absolute atomic E-state index is 13.6. The predicted molar refractivity (Wildman–Crippen MR) is 72.3 cm³/mol. The second kappa shape index (κ2) is 6.63. The molecule has 1 heterocycles. The molecule has 1 saturated heterocycles. The van der Waals surface area contributed by atoms with E-state index < -0.39 is 5.91 Å². The summed E-state index contributed by atoms with van der Waals surface area (Å²) in [5, 5.41) is 3.20. The Hall–Kier alpha value is -1.46. The van der Waals surface area contributed by atoms with Crippen molar-refractivity contribution in [3.63, 3.8) is 0 Å². The number of hydrogen-bond donors (Lipinski definition) is 2. The van der Waals surface area contributed by atoms with Gasteiger partial charge in [0.05, 0.1) is 0 Å². The molecule has 1 aliphatic rings. The van der Waals surface area contributed by atoms with Gasteiger partial charge in [-0.05, 0) is 44.1 Å². The van der Waals surface area contributed by atoms with Gasteiger partial charge in [-0.1, -0.05) is 0 Å². The SMILES string of the molecule is NC(=O)c1ccc(F)c(CNCCN2CCCC2)c1. The van der Waals surface area contributed by atoms with Crippen LogP contribution in [0.15, 0.2) is 18.2 Å². The smallest absolute Gasteiger partial charge is 0.248 e. The van der Waals surface area contributed by atoms with Gasteiger partial charge in [-0.2, -0.15) is 0 Å². The molecule has 0 bridgehead atoms. The minimum absolute atomic E-state index is 0.307. The van der Waals surface area contributed by atoms with Gasteiger partial charge in [0.2, 0.25) is 5.91 Å². The average Bonchev–Trinajstić information content (AvgIpc) is 2.89. The van der Waals surface area contributed by atoms with Gasteiger partial charge >= 0.3 is 0 Å². The van der Waals surface area contributed by atoms with Crippen molar-refractivity contribution < 1.29 is 9.18 Å². The molecule has 4 nitrogen and oxygen atoms in total. The normalized spacial score (nSPS) is 15.8. The minimum Gasteiger partial charge on any atom is -0.366 e. The van der Waals surface area contributed by atoms with Crippen LogP contribution in [0.2, 0.25) is 0 Å². The molecule has 1 aromatic rings. The minimum atomic E-state index is -0.529. The molecule has 1 aliphatic heterocycles. The molecule has 1 amide bonds. The highest BCUT2D eigenvalue weighted by Gasteiger charge is 2.11. The van der Waals surface area contributed by atoms with Gasteiger partial charge in [0.15, 0.2) is 0 Å². The summed E-state index contributed by atoms with van der Waals surface area (Å²) in [6.07, 6.45) is 2.55. The highest BCUT2D eigenvalue weighted by molar-refractivity contribution is 5.92. The van der Waals surface area contributed by atoms with Gasteiger partial charge in [0.1, 0.15) is 5.82 Å². The van der Waals surface area contributed by atoms with Crippen molar-refractivity contribution in [1.29, 1.82) is 0 Å². The number of carbonyl (C=O) groups excluding carboxylic acids is 1. The number of nitrogens with one attached hydrogen (secondary N) is 1. The molecule has 2 rings (SSSR count). The molecule has 0 saturated carbocycles. The zero-order valence-electron chi connectivity index (χ0n) is 11.0. The number of likely N-dealkylation sites (tertiary alicyclic amines) is 1. The Bertz CT molecular complexity index is 444. The maximum Gasteiger partial charge on any atom is 0.248 e. The monoisotopic (exact) mass is 265 g/mol. The first-order valence-corrected chi connectivity index (χ1v) is 6.68. The first-order valence-electron chi connectivity index (χ1n) is 6.68. The number of carbonyl (C=O) groups is 1.